The highest BCUT2D eigenvalue weighted by molar-refractivity contribution is 5.74. The van der Waals surface area contributed by atoms with Crippen LogP contribution in [-0.4, -0.2) is 66.8 Å². The molecule has 0 saturated carbocycles. The quantitative estimate of drug-likeness (QED) is 0.154. The minimum absolute atomic E-state index is 0.0479. The molecule has 0 unspecified atom stereocenters. The van der Waals surface area contributed by atoms with Gasteiger partial charge in [0.2, 0.25) is 0 Å². The Labute approximate surface area is 217 Å². The second kappa shape index (κ2) is 10.2. The van der Waals surface area contributed by atoms with Gasteiger partial charge in [-0.25, -0.2) is 9.59 Å². The summed E-state index contributed by atoms with van der Waals surface area (Å²) in [4.78, 5) is 76.6. The van der Waals surface area contributed by atoms with Crippen LogP contribution >= 0.6 is 0 Å². The van der Waals surface area contributed by atoms with Crippen LogP contribution < -0.4 is 44.0 Å². The van der Waals surface area contributed by atoms with Crippen LogP contribution in [0.1, 0.15) is 30.9 Å². The Morgan fingerprint density at radius 3 is 2.44 bits per heavy atom. The number of nitrogens with zero attached hydrogens (tertiary/aromatic N) is 2. The lowest BCUT2D eigenvalue weighted by molar-refractivity contribution is -0.0266. The zero-order chi connectivity index (χ0) is 28.0. The lowest BCUT2D eigenvalue weighted by Crippen LogP contribution is -2.43. The predicted octanol–water partition coefficient (Wildman–Crippen LogP) is -3.19. The third kappa shape index (κ3) is 4.89. The molecule has 0 bridgehead atoms. The number of rotatable bonds is 8. The molecule has 2 fully saturated rings. The zero-order valence-electron chi connectivity index (χ0n) is 20.6. The first-order valence-electron chi connectivity index (χ1n) is 12.1. The van der Waals surface area contributed by atoms with Crippen LogP contribution in [0.4, 0.5) is 11.4 Å². The molecule has 6 N–H and O–H groups in total. The molecule has 39 heavy (non-hydrogen) atoms. The second-order valence-electron chi connectivity index (χ2n) is 9.54. The van der Waals surface area contributed by atoms with Gasteiger partial charge in [0.05, 0.1) is 24.9 Å². The number of hydrogen-bond donors (Lipinski definition) is 6. The summed E-state index contributed by atoms with van der Waals surface area (Å²) in [6.45, 7) is 1.08. The highest BCUT2D eigenvalue weighted by Crippen LogP contribution is 2.32. The van der Waals surface area contributed by atoms with Gasteiger partial charge in [-0.2, -0.15) is 0 Å². The second-order valence-corrected chi connectivity index (χ2v) is 9.54. The van der Waals surface area contributed by atoms with Crippen molar-refractivity contribution in [2.24, 2.45) is 0 Å². The Morgan fingerprint density at radius 1 is 1.00 bits per heavy atom. The van der Waals surface area contributed by atoms with E-state index in [1.54, 1.807) is 0 Å². The average Bonchev–Trinajstić information content (AvgIpc) is 3.48. The van der Waals surface area contributed by atoms with Crippen LogP contribution in [0.5, 0.6) is 0 Å². The monoisotopic (exact) mass is 546 g/mol. The first-order chi connectivity index (χ1) is 18.6. The molecule has 0 aliphatic carbocycles. The van der Waals surface area contributed by atoms with Crippen LogP contribution in [0.25, 0.3) is 0 Å². The molecule has 5 rings (SSSR count). The minimum Gasteiger partial charge on any atom is -0.394 e. The first kappa shape index (κ1) is 26.5. The van der Waals surface area contributed by atoms with Crippen molar-refractivity contribution < 1.29 is 19.7 Å². The molecule has 16 heteroatoms. The van der Waals surface area contributed by atoms with Gasteiger partial charge < -0.3 is 30.3 Å². The predicted molar refractivity (Wildman–Crippen MR) is 135 cm³/mol. The number of hydrogen-bond acceptors (Lipinski definition) is 12. The fraction of sp³-hybridized carbons (Fsp3) is 0.478. The zero-order valence-corrected chi connectivity index (χ0v) is 20.6. The highest BCUT2D eigenvalue weighted by Gasteiger charge is 2.39. The van der Waals surface area contributed by atoms with Gasteiger partial charge >= 0.3 is 11.4 Å². The molecule has 0 amide bonds. The van der Waals surface area contributed by atoms with Crippen LogP contribution in [0.2, 0.25) is 0 Å². The Bertz CT molecular complexity index is 1700. The lowest BCUT2D eigenvalue weighted by atomic mass is 10.1. The average molecular weight is 546 g/mol. The number of aromatic amines is 2. The van der Waals surface area contributed by atoms with Crippen molar-refractivity contribution in [2.45, 2.75) is 56.6 Å². The number of nitrogens with one attached hydrogen (secondary N) is 4. The van der Waals surface area contributed by atoms with Crippen molar-refractivity contribution in [1.82, 2.24) is 19.1 Å². The Balaban J connectivity index is 1.30. The van der Waals surface area contributed by atoms with Crippen molar-refractivity contribution in [3.05, 3.63) is 86.1 Å². The van der Waals surface area contributed by atoms with Gasteiger partial charge in [0, 0.05) is 43.4 Å². The summed E-state index contributed by atoms with van der Waals surface area (Å²) in [5.74, 6) is 0. The molecule has 4 heterocycles. The molecular formula is C23H26N6O10. The van der Waals surface area contributed by atoms with E-state index in [4.69, 9.17) is 9.47 Å². The SMILES string of the molecule is Cc1cn([C@H]2C[C@H](O)[C@@H](CNc3c(N[C@@H]4C[C@@H](CO)O[C@H]4n4ccc(=O)[nH]c4=O)c(=O)c3=O)O2)c(=O)[nH]c1=O. The number of ether oxygens (including phenoxy) is 2. The lowest BCUT2D eigenvalue weighted by Gasteiger charge is -2.25. The Morgan fingerprint density at radius 2 is 1.72 bits per heavy atom. The summed E-state index contributed by atoms with van der Waals surface area (Å²) >= 11 is 0. The van der Waals surface area contributed by atoms with E-state index < -0.39 is 70.2 Å². The van der Waals surface area contributed by atoms with E-state index in [2.05, 4.69) is 20.6 Å². The van der Waals surface area contributed by atoms with Crippen LogP contribution in [0, 0.1) is 6.92 Å². The minimum atomic E-state index is -1.02. The fourth-order valence-corrected chi connectivity index (χ4v) is 4.84. The molecule has 6 atom stereocenters. The number of aliphatic hydroxyl groups excluding tert-OH is 2. The maximum Gasteiger partial charge on any atom is 0.330 e. The summed E-state index contributed by atoms with van der Waals surface area (Å²) in [6.07, 6.45) is -1.61. The number of aliphatic hydroxyl groups is 2. The highest BCUT2D eigenvalue weighted by atomic mass is 16.5. The summed E-state index contributed by atoms with van der Waals surface area (Å²) in [6, 6.07) is 0.406. The van der Waals surface area contributed by atoms with Crippen molar-refractivity contribution in [3.63, 3.8) is 0 Å². The number of anilines is 2. The van der Waals surface area contributed by atoms with Crippen molar-refractivity contribution >= 4 is 11.4 Å². The standard InChI is InChI=1S/C23H26N6O10/c1-9-7-29(23(37)27-20(9)35)15-5-12(31)13(39-15)6-24-16-17(19(34)18(16)33)25-11-4-10(8-30)38-21(11)28-3-2-14(32)26-22(28)36/h2-3,7,10-13,15,21,24-25,30-31H,4-6,8H2,1H3,(H,26,32,36)(H,27,35,37)/t10-,11+,12-,13+,15+,21+/m0/s1. The molecule has 2 aliphatic heterocycles. The molecule has 3 aromatic rings. The van der Waals surface area contributed by atoms with Crippen LogP contribution in [0.3, 0.4) is 0 Å². The summed E-state index contributed by atoms with van der Waals surface area (Å²) in [5, 5.41) is 25.8. The largest absolute Gasteiger partial charge is 0.394 e. The summed E-state index contributed by atoms with van der Waals surface area (Å²) in [7, 11) is 0. The molecule has 1 aromatic carbocycles. The van der Waals surface area contributed by atoms with Crippen molar-refractivity contribution in [3.8, 4) is 0 Å². The van der Waals surface area contributed by atoms with E-state index in [0.29, 0.717) is 0 Å². The summed E-state index contributed by atoms with van der Waals surface area (Å²) in [5.41, 5.74) is -4.02. The molecule has 16 nitrogen and oxygen atoms in total. The Hall–Kier alpha value is -4.12. The van der Waals surface area contributed by atoms with E-state index in [1.807, 2.05) is 0 Å². The van der Waals surface area contributed by atoms with Crippen LogP contribution in [0.15, 0.2) is 47.2 Å². The third-order valence-corrected chi connectivity index (χ3v) is 6.90. The van der Waals surface area contributed by atoms with Gasteiger partial charge in [-0.05, 0) is 6.92 Å². The molecular weight excluding hydrogens is 520 g/mol. The molecule has 2 saturated heterocycles. The van der Waals surface area contributed by atoms with Crippen LogP contribution in [-0.2, 0) is 9.47 Å². The van der Waals surface area contributed by atoms with E-state index in [1.165, 1.54) is 23.9 Å². The van der Waals surface area contributed by atoms with E-state index in [-0.39, 0.29) is 42.9 Å². The number of aromatic nitrogens is 4. The normalized spacial score (nSPS) is 26.7. The maximum absolute atomic E-state index is 12.4. The molecule has 0 radical (unpaired) electrons. The van der Waals surface area contributed by atoms with Gasteiger partial charge in [0.1, 0.15) is 23.7 Å². The molecule has 0 spiro atoms. The molecule has 2 aliphatic rings. The number of H-pyrrole nitrogens is 2. The van der Waals surface area contributed by atoms with Crippen molar-refractivity contribution in [2.75, 3.05) is 23.8 Å². The van der Waals surface area contributed by atoms with E-state index >= 15 is 0 Å². The Kier molecular flexibility index (Phi) is 6.94. The summed E-state index contributed by atoms with van der Waals surface area (Å²) < 4.78 is 13.8. The van der Waals surface area contributed by atoms with Gasteiger partial charge in [-0.3, -0.25) is 38.3 Å². The van der Waals surface area contributed by atoms with E-state index in [0.717, 1.165) is 10.6 Å². The fourth-order valence-electron chi connectivity index (χ4n) is 4.84. The maximum atomic E-state index is 12.4. The van der Waals surface area contributed by atoms with Gasteiger partial charge in [-0.1, -0.05) is 0 Å². The molecule has 208 valence electrons. The topological polar surface area (TPSA) is 227 Å². The first-order valence-corrected chi connectivity index (χ1v) is 12.1. The van der Waals surface area contributed by atoms with E-state index in [9.17, 15) is 39.0 Å². The van der Waals surface area contributed by atoms with Crippen molar-refractivity contribution in [1.29, 1.82) is 0 Å². The van der Waals surface area contributed by atoms with Gasteiger partial charge in [0.15, 0.2) is 6.23 Å². The number of aryl methyl sites for hydroxylation is 1. The third-order valence-electron chi connectivity index (χ3n) is 6.90. The van der Waals surface area contributed by atoms with Gasteiger partial charge in [0.25, 0.3) is 22.0 Å². The smallest absolute Gasteiger partial charge is 0.330 e. The molecule has 2 aromatic heterocycles. The van der Waals surface area contributed by atoms with Gasteiger partial charge in [-0.15, -0.1) is 0 Å².